The number of ether oxygens (including phenoxy) is 1. The van der Waals surface area contributed by atoms with Crippen LogP contribution in [0.1, 0.15) is 29.0 Å². The molecule has 3 aromatic rings. The average Bonchev–Trinajstić information content (AvgIpc) is 2.75. The number of rotatable bonds is 9. The highest BCUT2D eigenvalue weighted by molar-refractivity contribution is 9.10. The minimum absolute atomic E-state index is 0.00832. The average molecular weight is 441 g/mol. The lowest BCUT2D eigenvalue weighted by molar-refractivity contribution is -0.116. The normalized spacial score (nSPS) is 14.4. The summed E-state index contributed by atoms with van der Waals surface area (Å²) in [6, 6.07) is 27.7. The Bertz CT molecular complexity index is 854. The first-order valence-electron chi connectivity index (χ1n) is 9.40. The van der Waals surface area contributed by atoms with Crippen LogP contribution in [0.2, 0.25) is 0 Å². The van der Waals surface area contributed by atoms with Crippen molar-refractivity contribution in [3.8, 4) is 0 Å². The summed E-state index contributed by atoms with van der Waals surface area (Å²) in [4.78, 5) is 0. The van der Waals surface area contributed by atoms with Gasteiger partial charge < -0.3 is 14.9 Å². The topological polar surface area (TPSA) is 49.7 Å². The quantitative estimate of drug-likeness (QED) is 0.490. The van der Waals surface area contributed by atoms with Gasteiger partial charge in [-0.1, -0.05) is 88.7 Å². The molecule has 2 N–H and O–H groups in total. The van der Waals surface area contributed by atoms with Crippen LogP contribution in [-0.2, 0) is 16.9 Å². The lowest BCUT2D eigenvalue weighted by Gasteiger charge is -2.40. The van der Waals surface area contributed by atoms with Gasteiger partial charge in [0.1, 0.15) is 5.60 Å². The van der Waals surface area contributed by atoms with Gasteiger partial charge in [0.2, 0.25) is 0 Å². The van der Waals surface area contributed by atoms with Gasteiger partial charge >= 0.3 is 0 Å². The van der Waals surface area contributed by atoms with Crippen molar-refractivity contribution in [1.82, 2.24) is 0 Å². The lowest BCUT2D eigenvalue weighted by atomic mass is 9.75. The SMILES string of the molecule is OCC[C@@H](c1ccccc1)C(CO)(OCc1cccc(Br)c1)c1ccccc1. The first-order chi connectivity index (χ1) is 13.7. The molecular formula is C24H25BrO3. The fraction of sp³-hybridized carbons (Fsp3) is 0.250. The Morgan fingerprint density at radius 1 is 0.857 bits per heavy atom. The van der Waals surface area contributed by atoms with E-state index in [-0.39, 0.29) is 19.1 Å². The summed E-state index contributed by atoms with van der Waals surface area (Å²) in [7, 11) is 0. The Balaban J connectivity index is 2.04. The highest BCUT2D eigenvalue weighted by atomic mass is 79.9. The third kappa shape index (κ3) is 4.70. The minimum atomic E-state index is -0.965. The van der Waals surface area contributed by atoms with Crippen molar-refractivity contribution in [2.75, 3.05) is 13.2 Å². The van der Waals surface area contributed by atoms with Crippen molar-refractivity contribution < 1.29 is 14.9 Å². The van der Waals surface area contributed by atoms with Crippen LogP contribution in [0.25, 0.3) is 0 Å². The van der Waals surface area contributed by atoms with Crippen LogP contribution in [-0.4, -0.2) is 23.4 Å². The largest absolute Gasteiger partial charge is 0.396 e. The van der Waals surface area contributed by atoms with Crippen molar-refractivity contribution in [3.05, 3.63) is 106 Å². The summed E-state index contributed by atoms with van der Waals surface area (Å²) >= 11 is 3.50. The summed E-state index contributed by atoms with van der Waals surface area (Å²) in [6.45, 7) is 0.169. The molecule has 0 fully saturated rings. The molecule has 0 spiro atoms. The van der Waals surface area contributed by atoms with E-state index in [0.717, 1.165) is 21.2 Å². The maximum atomic E-state index is 10.6. The van der Waals surface area contributed by atoms with E-state index in [0.29, 0.717) is 13.0 Å². The van der Waals surface area contributed by atoms with E-state index in [1.54, 1.807) is 0 Å². The molecule has 0 aromatic heterocycles. The molecule has 28 heavy (non-hydrogen) atoms. The molecule has 0 aliphatic rings. The zero-order chi connectivity index (χ0) is 19.8. The number of hydrogen-bond donors (Lipinski definition) is 2. The van der Waals surface area contributed by atoms with Crippen LogP contribution in [0.5, 0.6) is 0 Å². The molecule has 146 valence electrons. The lowest BCUT2D eigenvalue weighted by Crippen LogP contribution is -2.41. The smallest absolute Gasteiger partial charge is 0.123 e. The molecule has 0 heterocycles. The van der Waals surface area contributed by atoms with E-state index in [1.807, 2.05) is 84.9 Å². The molecule has 0 bridgehead atoms. The molecule has 0 radical (unpaired) electrons. The third-order valence-corrected chi connectivity index (χ3v) is 5.56. The monoisotopic (exact) mass is 440 g/mol. The molecule has 0 aliphatic carbocycles. The van der Waals surface area contributed by atoms with Crippen LogP contribution in [0.3, 0.4) is 0 Å². The Labute approximate surface area is 174 Å². The maximum absolute atomic E-state index is 10.6. The number of halogens is 1. The maximum Gasteiger partial charge on any atom is 0.123 e. The van der Waals surface area contributed by atoms with Gasteiger partial charge in [0.15, 0.2) is 0 Å². The number of aliphatic hydroxyl groups excluding tert-OH is 2. The van der Waals surface area contributed by atoms with Gasteiger partial charge in [-0.05, 0) is 35.2 Å². The van der Waals surface area contributed by atoms with E-state index in [9.17, 15) is 10.2 Å². The second-order valence-electron chi connectivity index (χ2n) is 6.81. The van der Waals surface area contributed by atoms with Crippen LogP contribution in [0.4, 0.5) is 0 Å². The molecular weight excluding hydrogens is 416 g/mol. The first-order valence-corrected chi connectivity index (χ1v) is 10.2. The molecule has 4 heteroatoms. The molecule has 3 aromatic carbocycles. The summed E-state index contributed by atoms with van der Waals surface area (Å²) in [5, 5.41) is 20.4. The van der Waals surface area contributed by atoms with Gasteiger partial charge in [-0.3, -0.25) is 0 Å². The molecule has 1 unspecified atom stereocenters. The Kier molecular flexibility index (Phi) is 7.40. The third-order valence-electron chi connectivity index (χ3n) is 5.07. The van der Waals surface area contributed by atoms with Crippen molar-refractivity contribution in [3.63, 3.8) is 0 Å². The zero-order valence-electron chi connectivity index (χ0n) is 15.7. The fourth-order valence-electron chi connectivity index (χ4n) is 3.67. The molecule has 0 saturated carbocycles. The fourth-order valence-corrected chi connectivity index (χ4v) is 4.12. The summed E-state index contributed by atoms with van der Waals surface area (Å²) in [6.07, 6.45) is 0.484. The van der Waals surface area contributed by atoms with E-state index >= 15 is 0 Å². The predicted molar refractivity (Wildman–Crippen MR) is 115 cm³/mol. The van der Waals surface area contributed by atoms with Crippen molar-refractivity contribution in [2.24, 2.45) is 0 Å². The van der Waals surface area contributed by atoms with Crippen LogP contribution < -0.4 is 0 Å². The minimum Gasteiger partial charge on any atom is -0.396 e. The molecule has 3 nitrogen and oxygen atoms in total. The van der Waals surface area contributed by atoms with Crippen molar-refractivity contribution in [2.45, 2.75) is 24.5 Å². The van der Waals surface area contributed by atoms with E-state index in [2.05, 4.69) is 15.9 Å². The van der Waals surface area contributed by atoms with E-state index < -0.39 is 5.60 Å². The first kappa shape index (κ1) is 20.7. The molecule has 3 rings (SSSR count). The number of aliphatic hydroxyl groups is 2. The summed E-state index contributed by atoms with van der Waals surface area (Å²) in [5.74, 6) is -0.196. The van der Waals surface area contributed by atoms with Gasteiger partial charge in [0.25, 0.3) is 0 Å². The molecule has 0 aliphatic heterocycles. The van der Waals surface area contributed by atoms with E-state index in [4.69, 9.17) is 4.74 Å². The Morgan fingerprint density at radius 2 is 1.54 bits per heavy atom. The second kappa shape index (κ2) is 9.99. The summed E-state index contributed by atoms with van der Waals surface area (Å²) in [5.41, 5.74) is 1.98. The number of benzene rings is 3. The van der Waals surface area contributed by atoms with Crippen LogP contribution >= 0.6 is 15.9 Å². The molecule has 0 saturated heterocycles. The number of hydrogen-bond acceptors (Lipinski definition) is 3. The second-order valence-corrected chi connectivity index (χ2v) is 7.72. The predicted octanol–water partition coefficient (Wildman–Crippen LogP) is 5.02. The van der Waals surface area contributed by atoms with Crippen molar-refractivity contribution >= 4 is 15.9 Å². The van der Waals surface area contributed by atoms with Crippen molar-refractivity contribution in [1.29, 1.82) is 0 Å². The van der Waals surface area contributed by atoms with Crippen LogP contribution in [0.15, 0.2) is 89.4 Å². The molecule has 2 atom stereocenters. The Hall–Kier alpha value is -1.98. The highest BCUT2D eigenvalue weighted by Gasteiger charge is 2.42. The van der Waals surface area contributed by atoms with Gasteiger partial charge in [-0.25, -0.2) is 0 Å². The Morgan fingerprint density at radius 3 is 2.14 bits per heavy atom. The highest BCUT2D eigenvalue weighted by Crippen LogP contribution is 2.43. The summed E-state index contributed by atoms with van der Waals surface area (Å²) < 4.78 is 7.48. The van der Waals surface area contributed by atoms with Gasteiger partial charge in [-0.2, -0.15) is 0 Å². The standard InChI is InChI=1S/C24H25BrO3/c25-22-13-7-8-19(16-22)17-28-24(18-27,21-11-5-2-6-12-21)23(14-15-26)20-9-3-1-4-10-20/h1-13,16,23,26-27H,14-15,17-18H2/t23-,24?/m0/s1. The molecule has 0 amide bonds. The van der Waals surface area contributed by atoms with Gasteiger partial charge in [0.05, 0.1) is 13.2 Å². The van der Waals surface area contributed by atoms with Gasteiger partial charge in [0, 0.05) is 17.0 Å². The van der Waals surface area contributed by atoms with Gasteiger partial charge in [-0.15, -0.1) is 0 Å². The van der Waals surface area contributed by atoms with E-state index in [1.165, 1.54) is 0 Å². The van der Waals surface area contributed by atoms with Crippen LogP contribution in [0, 0.1) is 0 Å². The zero-order valence-corrected chi connectivity index (χ0v) is 17.3.